The van der Waals surface area contributed by atoms with Gasteiger partial charge in [0.25, 0.3) is 0 Å². The minimum atomic E-state index is -0.382. The number of carbonyl (C=O) groups is 1. The van der Waals surface area contributed by atoms with Crippen molar-refractivity contribution >= 4 is 22.5 Å². The van der Waals surface area contributed by atoms with E-state index in [-0.39, 0.29) is 12.1 Å². The monoisotopic (exact) mass is 296 g/mol. The summed E-state index contributed by atoms with van der Waals surface area (Å²) in [5.41, 5.74) is 2.10. The Labute approximate surface area is 130 Å². The third kappa shape index (κ3) is 2.71. The third-order valence-corrected chi connectivity index (χ3v) is 3.86. The Balaban J connectivity index is 2.07. The average Bonchev–Trinajstić information content (AvgIpc) is 2.51. The molecule has 1 aliphatic rings. The van der Waals surface area contributed by atoms with Crippen molar-refractivity contribution in [2.24, 2.45) is 0 Å². The van der Waals surface area contributed by atoms with Crippen LogP contribution in [0.2, 0.25) is 0 Å². The number of hydrogen-bond donors (Lipinski definition) is 0. The first kappa shape index (κ1) is 14.6. The second-order valence-corrected chi connectivity index (χ2v) is 5.51. The molecule has 1 aliphatic carbocycles. The van der Waals surface area contributed by atoms with Crippen molar-refractivity contribution in [3.63, 3.8) is 0 Å². The highest BCUT2D eigenvalue weighted by molar-refractivity contribution is 5.97. The molecule has 0 fully saturated rings. The van der Waals surface area contributed by atoms with Crippen LogP contribution in [0.5, 0.6) is 0 Å². The molecule has 1 unspecified atom stereocenters. The Kier molecular flexibility index (Phi) is 4.14. The van der Waals surface area contributed by atoms with Crippen molar-refractivity contribution in [2.45, 2.75) is 32.8 Å². The Morgan fingerprint density at radius 1 is 1.18 bits per heavy atom. The molecule has 0 aromatic heterocycles. The molecule has 0 N–H and O–H groups in total. The Morgan fingerprint density at radius 2 is 1.95 bits per heavy atom. The summed E-state index contributed by atoms with van der Waals surface area (Å²) < 4.78 is 11.4. The number of unbranched alkanes of at least 4 members (excludes halogenated alkanes) is 1. The highest BCUT2D eigenvalue weighted by atomic mass is 16.5. The number of carbonyl (C=O) groups excluding carboxylic acids is 1. The van der Waals surface area contributed by atoms with Crippen LogP contribution in [0.1, 0.15) is 43.9 Å². The van der Waals surface area contributed by atoms with E-state index in [1.54, 1.807) is 0 Å². The second-order valence-electron chi connectivity index (χ2n) is 5.51. The molecule has 0 aliphatic heterocycles. The van der Waals surface area contributed by atoms with E-state index in [1.165, 1.54) is 6.92 Å². The van der Waals surface area contributed by atoms with Gasteiger partial charge in [-0.25, -0.2) is 0 Å². The minimum Gasteiger partial charge on any atom is -0.493 e. The van der Waals surface area contributed by atoms with Crippen molar-refractivity contribution in [1.82, 2.24) is 0 Å². The molecule has 3 rings (SSSR count). The van der Waals surface area contributed by atoms with Gasteiger partial charge >= 0.3 is 5.97 Å². The normalized spacial score (nSPS) is 16.3. The van der Waals surface area contributed by atoms with E-state index in [0.717, 1.165) is 40.5 Å². The summed E-state index contributed by atoms with van der Waals surface area (Å²) in [6.45, 7) is 4.25. The van der Waals surface area contributed by atoms with E-state index < -0.39 is 0 Å². The molecule has 0 spiro atoms. The maximum atomic E-state index is 11.4. The Hall–Kier alpha value is -2.29. The zero-order valence-electron chi connectivity index (χ0n) is 13.0. The van der Waals surface area contributed by atoms with Crippen molar-refractivity contribution in [1.29, 1.82) is 0 Å². The molecule has 114 valence electrons. The van der Waals surface area contributed by atoms with E-state index in [1.807, 2.05) is 24.3 Å². The summed E-state index contributed by atoms with van der Waals surface area (Å²) in [5.74, 6) is 0.523. The Morgan fingerprint density at radius 3 is 2.68 bits per heavy atom. The van der Waals surface area contributed by atoms with E-state index >= 15 is 0 Å². The first-order valence-corrected chi connectivity index (χ1v) is 7.74. The van der Waals surface area contributed by atoms with Crippen LogP contribution < -0.4 is 0 Å². The van der Waals surface area contributed by atoms with Gasteiger partial charge in [-0.3, -0.25) is 4.79 Å². The van der Waals surface area contributed by atoms with Gasteiger partial charge in [0.1, 0.15) is 11.9 Å². The van der Waals surface area contributed by atoms with Gasteiger partial charge in [0.15, 0.2) is 0 Å². The van der Waals surface area contributed by atoms with Crippen LogP contribution in [-0.4, -0.2) is 12.6 Å². The Bertz CT molecular complexity index is 725. The van der Waals surface area contributed by atoms with Gasteiger partial charge in [-0.2, -0.15) is 0 Å². The molecule has 2 aromatic rings. The molecule has 0 heterocycles. The van der Waals surface area contributed by atoms with E-state index in [2.05, 4.69) is 25.1 Å². The SMILES string of the molecule is CCCCOC1=CC(OC(C)=O)c2cccc3cccc1c23. The van der Waals surface area contributed by atoms with E-state index in [9.17, 15) is 4.79 Å². The van der Waals surface area contributed by atoms with Crippen LogP contribution in [-0.2, 0) is 14.3 Å². The number of benzene rings is 2. The van der Waals surface area contributed by atoms with Crippen molar-refractivity contribution in [3.05, 3.63) is 53.6 Å². The second kappa shape index (κ2) is 6.22. The predicted octanol–water partition coefficient (Wildman–Crippen LogP) is 4.62. The lowest BCUT2D eigenvalue weighted by atomic mass is 9.90. The molecule has 3 nitrogen and oxygen atoms in total. The molecule has 1 atom stereocenters. The summed E-state index contributed by atoms with van der Waals surface area (Å²) in [4.78, 5) is 11.4. The maximum Gasteiger partial charge on any atom is 0.303 e. The van der Waals surface area contributed by atoms with Crippen LogP contribution in [0, 0.1) is 0 Å². The van der Waals surface area contributed by atoms with Gasteiger partial charge in [0.05, 0.1) is 6.61 Å². The molecule has 2 aromatic carbocycles. The van der Waals surface area contributed by atoms with Gasteiger partial charge < -0.3 is 9.47 Å². The number of ether oxygens (including phenoxy) is 2. The van der Waals surface area contributed by atoms with E-state index in [4.69, 9.17) is 9.47 Å². The predicted molar refractivity (Wildman–Crippen MR) is 87.3 cm³/mol. The molecule has 0 bridgehead atoms. The quantitative estimate of drug-likeness (QED) is 0.597. The summed E-state index contributed by atoms with van der Waals surface area (Å²) in [5, 5.41) is 2.25. The number of rotatable bonds is 5. The van der Waals surface area contributed by atoms with Crippen LogP contribution in [0.25, 0.3) is 16.5 Å². The largest absolute Gasteiger partial charge is 0.493 e. The van der Waals surface area contributed by atoms with Gasteiger partial charge in [-0.05, 0) is 17.2 Å². The standard InChI is InChI=1S/C19H20O3/c1-3-4-11-21-17-12-18(22-13(2)20)16-10-6-8-14-7-5-9-15(17)19(14)16/h5-10,12,18H,3-4,11H2,1-2H3. The minimum absolute atomic E-state index is 0.287. The van der Waals surface area contributed by atoms with Crippen molar-refractivity contribution < 1.29 is 14.3 Å². The van der Waals surface area contributed by atoms with Gasteiger partial charge in [-0.1, -0.05) is 49.7 Å². The van der Waals surface area contributed by atoms with Crippen LogP contribution in [0.4, 0.5) is 0 Å². The fourth-order valence-electron chi connectivity index (χ4n) is 2.86. The molecule has 3 heteroatoms. The molecule has 0 amide bonds. The first-order valence-electron chi connectivity index (χ1n) is 7.74. The summed E-state index contributed by atoms with van der Waals surface area (Å²) >= 11 is 0. The van der Waals surface area contributed by atoms with Crippen molar-refractivity contribution in [3.8, 4) is 0 Å². The lowest BCUT2D eigenvalue weighted by Gasteiger charge is -2.25. The molecule has 22 heavy (non-hydrogen) atoms. The first-order chi connectivity index (χ1) is 10.7. The zero-order valence-corrected chi connectivity index (χ0v) is 13.0. The topological polar surface area (TPSA) is 35.5 Å². The summed E-state index contributed by atoms with van der Waals surface area (Å²) in [7, 11) is 0. The molecule has 0 saturated heterocycles. The number of esters is 1. The van der Waals surface area contributed by atoms with Gasteiger partial charge in [-0.15, -0.1) is 0 Å². The third-order valence-electron chi connectivity index (χ3n) is 3.86. The lowest BCUT2D eigenvalue weighted by molar-refractivity contribution is -0.144. The fraction of sp³-hybridized carbons (Fsp3) is 0.316. The molecule has 0 radical (unpaired) electrons. The maximum absolute atomic E-state index is 11.4. The van der Waals surface area contributed by atoms with Crippen LogP contribution in [0.15, 0.2) is 42.5 Å². The average molecular weight is 296 g/mol. The highest BCUT2D eigenvalue weighted by Crippen LogP contribution is 2.39. The zero-order chi connectivity index (χ0) is 15.5. The molecule has 0 saturated carbocycles. The van der Waals surface area contributed by atoms with Crippen molar-refractivity contribution in [2.75, 3.05) is 6.61 Å². The highest BCUT2D eigenvalue weighted by Gasteiger charge is 2.24. The van der Waals surface area contributed by atoms with Gasteiger partial charge in [0, 0.05) is 24.1 Å². The molecular formula is C19H20O3. The number of hydrogen-bond acceptors (Lipinski definition) is 3. The summed E-state index contributed by atoms with van der Waals surface area (Å²) in [6.07, 6.45) is 3.62. The van der Waals surface area contributed by atoms with E-state index in [0.29, 0.717) is 6.61 Å². The van der Waals surface area contributed by atoms with Crippen LogP contribution >= 0.6 is 0 Å². The van der Waals surface area contributed by atoms with Gasteiger partial charge in [0.2, 0.25) is 0 Å². The summed E-state index contributed by atoms with van der Waals surface area (Å²) in [6, 6.07) is 12.2. The lowest BCUT2D eigenvalue weighted by Crippen LogP contribution is -2.12. The smallest absolute Gasteiger partial charge is 0.303 e. The fourth-order valence-corrected chi connectivity index (χ4v) is 2.86. The molecular weight excluding hydrogens is 276 g/mol. The van der Waals surface area contributed by atoms with Crippen LogP contribution in [0.3, 0.4) is 0 Å².